The number of aromatic hydroxyl groups is 1. The van der Waals surface area contributed by atoms with Crippen LogP contribution in [0.1, 0.15) is 0 Å². The molecule has 5 rings (SSSR count). The topological polar surface area (TPSA) is 66.2 Å². The van der Waals surface area contributed by atoms with E-state index in [4.69, 9.17) is 4.42 Å². The lowest BCUT2D eigenvalue weighted by Crippen LogP contribution is -1.92. The molecule has 2 aromatic heterocycles. The van der Waals surface area contributed by atoms with Crippen molar-refractivity contribution in [3.8, 4) is 28.1 Å². The number of phenolic OH excluding ortho intramolecular Hbond substituents is 1. The summed E-state index contributed by atoms with van der Waals surface area (Å²) < 4.78 is 6.05. The van der Waals surface area contributed by atoms with Gasteiger partial charge in [0.15, 0.2) is 11.0 Å². The molecule has 0 saturated carbocycles. The van der Waals surface area contributed by atoms with Gasteiger partial charge in [-0.15, -0.1) is 0 Å². The van der Waals surface area contributed by atoms with Gasteiger partial charge in [-0.2, -0.15) is 0 Å². The van der Waals surface area contributed by atoms with Crippen LogP contribution in [-0.2, 0) is 0 Å². The van der Waals surface area contributed by atoms with Crippen molar-refractivity contribution in [3.63, 3.8) is 0 Å². The Hall–Kier alpha value is -3.79. The van der Waals surface area contributed by atoms with Gasteiger partial charge in [0.1, 0.15) is 11.3 Å². The number of benzene rings is 3. The van der Waals surface area contributed by atoms with E-state index in [2.05, 4.69) is 4.98 Å². The third-order valence-electron chi connectivity index (χ3n) is 4.73. The van der Waals surface area contributed by atoms with Crippen molar-refractivity contribution in [2.45, 2.75) is 0 Å². The lowest BCUT2D eigenvalue weighted by Gasteiger charge is -2.09. The number of nitrogens with one attached hydrogen (secondary N) is 1. The molecule has 0 unspecified atom stereocenters. The first kappa shape index (κ1) is 15.5. The fourth-order valence-corrected chi connectivity index (χ4v) is 3.45. The molecule has 5 aromatic rings. The molecule has 0 bridgehead atoms. The van der Waals surface area contributed by atoms with Crippen LogP contribution < -0.4 is 5.43 Å². The molecule has 130 valence electrons. The summed E-state index contributed by atoms with van der Waals surface area (Å²) in [4.78, 5) is 15.1. The molecule has 0 aliphatic rings. The molecular formula is C23H15NO3. The zero-order chi connectivity index (χ0) is 18.4. The first-order valence-corrected chi connectivity index (χ1v) is 8.64. The molecule has 27 heavy (non-hydrogen) atoms. The fourth-order valence-electron chi connectivity index (χ4n) is 3.45. The third kappa shape index (κ3) is 2.50. The van der Waals surface area contributed by atoms with Crippen LogP contribution in [0.3, 0.4) is 0 Å². The lowest BCUT2D eigenvalue weighted by molar-refractivity contribution is 0.477. The molecule has 0 saturated heterocycles. The first-order valence-electron chi connectivity index (χ1n) is 8.64. The van der Waals surface area contributed by atoms with Crippen molar-refractivity contribution < 1.29 is 9.52 Å². The number of para-hydroxylation sites is 1. The zero-order valence-corrected chi connectivity index (χ0v) is 14.3. The molecule has 0 aliphatic heterocycles. The van der Waals surface area contributed by atoms with E-state index < -0.39 is 0 Å². The van der Waals surface area contributed by atoms with Gasteiger partial charge in [0, 0.05) is 22.6 Å². The van der Waals surface area contributed by atoms with E-state index in [0.29, 0.717) is 16.7 Å². The Kier molecular flexibility index (Phi) is 3.37. The number of furan rings is 1. The molecule has 0 radical (unpaired) electrons. The molecule has 0 amide bonds. The molecule has 0 spiro atoms. The van der Waals surface area contributed by atoms with E-state index in [0.717, 1.165) is 27.7 Å². The maximum Gasteiger partial charge on any atom is 0.182 e. The van der Waals surface area contributed by atoms with Crippen LogP contribution in [0.5, 0.6) is 5.75 Å². The molecule has 0 aliphatic carbocycles. The minimum Gasteiger partial charge on any atom is -0.507 e. The molecule has 3 aromatic carbocycles. The number of hydrogen-bond donors (Lipinski definition) is 2. The van der Waals surface area contributed by atoms with Gasteiger partial charge in [-0.1, -0.05) is 42.5 Å². The van der Waals surface area contributed by atoms with E-state index in [1.54, 1.807) is 18.2 Å². The normalized spacial score (nSPS) is 11.3. The first-order chi connectivity index (χ1) is 13.2. The summed E-state index contributed by atoms with van der Waals surface area (Å²) >= 11 is 0. The van der Waals surface area contributed by atoms with Gasteiger partial charge in [-0.05, 0) is 35.9 Å². The minimum absolute atomic E-state index is 0.0938. The molecule has 4 heteroatoms. The van der Waals surface area contributed by atoms with E-state index in [1.807, 2.05) is 48.5 Å². The van der Waals surface area contributed by atoms with Crippen LogP contribution in [0.15, 0.2) is 88.1 Å². The molecule has 0 atom stereocenters. The Balaban J connectivity index is 1.92. The van der Waals surface area contributed by atoms with E-state index >= 15 is 0 Å². The summed E-state index contributed by atoms with van der Waals surface area (Å²) in [6, 6.07) is 23.9. The number of aromatic nitrogens is 1. The average molecular weight is 353 g/mol. The number of H-pyrrole nitrogens is 1. The summed E-state index contributed by atoms with van der Waals surface area (Å²) in [6.07, 6.45) is 0. The Bertz CT molecular complexity index is 1350. The number of hydrogen-bond acceptors (Lipinski definition) is 3. The zero-order valence-electron chi connectivity index (χ0n) is 14.3. The van der Waals surface area contributed by atoms with Crippen molar-refractivity contribution in [2.75, 3.05) is 0 Å². The predicted molar refractivity (Wildman–Crippen MR) is 107 cm³/mol. The molecular weight excluding hydrogens is 338 g/mol. The highest BCUT2D eigenvalue weighted by Gasteiger charge is 2.16. The van der Waals surface area contributed by atoms with E-state index in [9.17, 15) is 9.90 Å². The van der Waals surface area contributed by atoms with Crippen molar-refractivity contribution in [2.24, 2.45) is 0 Å². The fraction of sp³-hybridized carbons (Fsp3) is 0. The largest absolute Gasteiger partial charge is 0.507 e. The summed E-state index contributed by atoms with van der Waals surface area (Å²) in [5, 5.41) is 11.1. The second-order valence-electron chi connectivity index (χ2n) is 6.44. The van der Waals surface area contributed by atoms with Crippen molar-refractivity contribution in [1.29, 1.82) is 0 Å². The van der Waals surface area contributed by atoms with Crippen LogP contribution in [0.25, 0.3) is 44.5 Å². The number of aromatic amines is 1. The Labute approximate surface area is 154 Å². The van der Waals surface area contributed by atoms with Gasteiger partial charge < -0.3 is 14.5 Å². The second kappa shape index (κ2) is 5.88. The molecule has 2 heterocycles. The van der Waals surface area contributed by atoms with Crippen molar-refractivity contribution in [3.05, 3.63) is 89.1 Å². The highest BCUT2D eigenvalue weighted by molar-refractivity contribution is 6.08. The van der Waals surface area contributed by atoms with Crippen LogP contribution in [-0.4, -0.2) is 10.1 Å². The van der Waals surface area contributed by atoms with Gasteiger partial charge in [0.2, 0.25) is 0 Å². The van der Waals surface area contributed by atoms with Crippen molar-refractivity contribution >= 4 is 22.1 Å². The van der Waals surface area contributed by atoms with Gasteiger partial charge in [0.25, 0.3) is 0 Å². The monoisotopic (exact) mass is 353 g/mol. The minimum atomic E-state index is -0.0938. The van der Waals surface area contributed by atoms with Crippen molar-refractivity contribution in [1.82, 2.24) is 4.98 Å². The standard InChI is InChI=1S/C23H15NO3/c25-15-10-11-17-21(12-15)27-23-18(14-6-2-1-3-7-14)13-19(24-22(17)23)16-8-4-5-9-20(16)26/h1-13,24,26H. The van der Waals surface area contributed by atoms with E-state index in [-0.39, 0.29) is 11.2 Å². The van der Waals surface area contributed by atoms with Gasteiger partial charge >= 0.3 is 0 Å². The Morgan fingerprint density at radius 2 is 1.59 bits per heavy atom. The smallest absolute Gasteiger partial charge is 0.182 e. The van der Waals surface area contributed by atoms with Crippen LogP contribution in [0.2, 0.25) is 0 Å². The maximum absolute atomic E-state index is 11.7. The van der Waals surface area contributed by atoms with E-state index in [1.165, 1.54) is 12.1 Å². The lowest BCUT2D eigenvalue weighted by atomic mass is 10.0. The number of phenols is 1. The number of fused-ring (bicyclic) bond motifs is 3. The summed E-state index contributed by atoms with van der Waals surface area (Å²) in [5.41, 5.74) is 5.29. The quantitative estimate of drug-likeness (QED) is 0.452. The third-order valence-corrected chi connectivity index (χ3v) is 4.73. The van der Waals surface area contributed by atoms with Gasteiger partial charge in [-0.25, -0.2) is 0 Å². The molecule has 2 N–H and O–H groups in total. The average Bonchev–Trinajstić information content (AvgIpc) is 3.05. The molecule has 4 nitrogen and oxygen atoms in total. The number of rotatable bonds is 2. The Morgan fingerprint density at radius 3 is 2.41 bits per heavy atom. The second-order valence-corrected chi connectivity index (χ2v) is 6.44. The highest BCUT2D eigenvalue weighted by Crippen LogP contribution is 2.38. The highest BCUT2D eigenvalue weighted by atomic mass is 16.3. The Morgan fingerprint density at radius 1 is 0.815 bits per heavy atom. The van der Waals surface area contributed by atoms with Crippen LogP contribution in [0, 0.1) is 0 Å². The van der Waals surface area contributed by atoms with Crippen LogP contribution >= 0.6 is 0 Å². The number of pyridine rings is 1. The van der Waals surface area contributed by atoms with Gasteiger partial charge in [-0.3, -0.25) is 4.79 Å². The van der Waals surface area contributed by atoms with Crippen LogP contribution in [0.4, 0.5) is 0 Å². The molecule has 0 fully saturated rings. The SMILES string of the molecule is O=c1ccc2c(c1)oc1c(-c3ccccc3)cc(-c3ccccc3O)[nH]c12. The van der Waals surface area contributed by atoms with Gasteiger partial charge in [0.05, 0.1) is 11.2 Å². The summed E-state index contributed by atoms with van der Waals surface area (Å²) in [7, 11) is 0. The summed E-state index contributed by atoms with van der Waals surface area (Å²) in [5.74, 6) is 0.196. The predicted octanol–water partition coefficient (Wildman–Crippen LogP) is 5.31. The summed E-state index contributed by atoms with van der Waals surface area (Å²) in [6.45, 7) is 0. The maximum atomic E-state index is 11.7.